The molecule has 1 N–H and O–H groups in total. The third-order valence-electron chi connectivity index (χ3n) is 4.83. The molecule has 1 amide bonds. The molecule has 0 aromatic heterocycles. The van der Waals surface area contributed by atoms with Crippen molar-refractivity contribution < 1.29 is 17.9 Å². The Morgan fingerprint density at radius 2 is 1.81 bits per heavy atom. The molecule has 0 saturated heterocycles. The molecule has 0 aliphatic carbocycles. The van der Waals surface area contributed by atoms with E-state index in [2.05, 4.69) is 26.1 Å². The molecule has 2 aromatic carbocycles. The maximum absolute atomic E-state index is 12.9. The van der Waals surface area contributed by atoms with Gasteiger partial charge in [-0.1, -0.05) is 69.1 Å². The van der Waals surface area contributed by atoms with E-state index >= 15 is 0 Å². The minimum absolute atomic E-state index is 0.0840. The molecule has 2 rings (SSSR count). The minimum atomic E-state index is -3.81. The van der Waals surface area contributed by atoms with Crippen molar-refractivity contribution in [2.75, 3.05) is 23.7 Å². The van der Waals surface area contributed by atoms with Crippen LogP contribution in [0, 0.1) is 0 Å². The van der Waals surface area contributed by atoms with Gasteiger partial charge in [-0.25, -0.2) is 8.42 Å². The largest absolute Gasteiger partial charge is 0.491 e. The Bertz CT molecular complexity index is 1050. The molecule has 6 nitrogen and oxygen atoms in total. The number of hydrogen-bond donors (Lipinski definition) is 1. The summed E-state index contributed by atoms with van der Waals surface area (Å²) < 4.78 is 32.0. The van der Waals surface area contributed by atoms with Gasteiger partial charge < -0.3 is 10.1 Å². The van der Waals surface area contributed by atoms with E-state index < -0.39 is 22.0 Å². The second-order valence-electron chi connectivity index (χ2n) is 8.46. The van der Waals surface area contributed by atoms with Gasteiger partial charge in [0.2, 0.25) is 15.9 Å². The Kier molecular flexibility index (Phi) is 8.85. The Labute approximate surface area is 200 Å². The average Bonchev–Trinajstić information content (AvgIpc) is 2.70. The van der Waals surface area contributed by atoms with Crippen molar-refractivity contribution in [1.29, 1.82) is 0 Å². The van der Waals surface area contributed by atoms with Crippen LogP contribution in [0.4, 0.5) is 5.69 Å². The van der Waals surface area contributed by atoms with Crippen molar-refractivity contribution in [1.82, 2.24) is 5.32 Å². The zero-order valence-corrected chi connectivity index (χ0v) is 21.3. The van der Waals surface area contributed by atoms with Gasteiger partial charge in [0.05, 0.1) is 23.5 Å². The number of anilines is 1. The van der Waals surface area contributed by atoms with Crippen molar-refractivity contribution in [3.05, 3.63) is 58.1 Å². The number of para-hydroxylation sites is 1. The number of hydrogen-bond acceptors (Lipinski definition) is 4. The Morgan fingerprint density at radius 3 is 2.41 bits per heavy atom. The lowest BCUT2D eigenvalue weighted by atomic mass is 9.86. The number of carbonyl (C=O) groups excluding carboxylic acids is 1. The summed E-state index contributed by atoms with van der Waals surface area (Å²) in [5.41, 5.74) is 1.15. The van der Waals surface area contributed by atoms with Crippen LogP contribution >= 0.6 is 23.2 Å². The third kappa shape index (κ3) is 6.77. The Morgan fingerprint density at radius 1 is 1.16 bits per heavy atom. The highest BCUT2D eigenvalue weighted by atomic mass is 35.5. The van der Waals surface area contributed by atoms with E-state index in [0.717, 1.165) is 21.9 Å². The fourth-order valence-corrected chi connectivity index (χ4v) is 5.00. The van der Waals surface area contributed by atoms with Gasteiger partial charge in [0.1, 0.15) is 18.4 Å². The number of nitrogens with zero attached hydrogens (tertiary/aromatic N) is 1. The predicted octanol–water partition coefficient (Wildman–Crippen LogP) is 5.03. The fraction of sp³-hybridized carbons (Fsp3) is 0.435. The molecule has 0 unspecified atom stereocenters. The first kappa shape index (κ1) is 26.3. The standard InChI is InChI=1S/C23H30Cl2N2O4S/c1-6-19(27(32(5,29)30)20-15-16(24)11-12-18(20)25)22(28)26-13-14-31-21-10-8-7-9-17(21)23(2,3)4/h7-12,15,19H,6,13-14H2,1-5H3,(H,26,28)/t19-/m0/s1. The van der Waals surface area contributed by atoms with Gasteiger partial charge in [0.25, 0.3) is 0 Å². The number of halogens is 2. The summed E-state index contributed by atoms with van der Waals surface area (Å²) in [6, 6.07) is 11.3. The summed E-state index contributed by atoms with van der Waals surface area (Å²) in [6.07, 6.45) is 1.28. The predicted molar refractivity (Wildman–Crippen MR) is 132 cm³/mol. The molecule has 0 aliphatic rings. The highest BCUT2D eigenvalue weighted by Crippen LogP contribution is 2.33. The molecule has 0 bridgehead atoms. The van der Waals surface area contributed by atoms with Crippen LogP contribution in [0.5, 0.6) is 5.75 Å². The van der Waals surface area contributed by atoms with Crippen LogP contribution < -0.4 is 14.4 Å². The highest BCUT2D eigenvalue weighted by Gasteiger charge is 2.32. The first-order chi connectivity index (χ1) is 14.9. The number of benzene rings is 2. The topological polar surface area (TPSA) is 75.7 Å². The van der Waals surface area contributed by atoms with Gasteiger partial charge in [0.15, 0.2) is 0 Å². The van der Waals surface area contributed by atoms with E-state index in [1.807, 2.05) is 24.3 Å². The van der Waals surface area contributed by atoms with Gasteiger partial charge in [-0.05, 0) is 41.7 Å². The minimum Gasteiger partial charge on any atom is -0.491 e. The molecule has 0 aliphatic heterocycles. The number of ether oxygens (including phenoxy) is 1. The molecule has 0 heterocycles. The van der Waals surface area contributed by atoms with E-state index in [0.29, 0.717) is 5.02 Å². The zero-order chi connectivity index (χ0) is 24.1. The highest BCUT2D eigenvalue weighted by molar-refractivity contribution is 7.92. The van der Waals surface area contributed by atoms with Crippen LogP contribution in [0.25, 0.3) is 0 Å². The summed E-state index contributed by atoms with van der Waals surface area (Å²) in [6.45, 7) is 8.49. The average molecular weight is 501 g/mol. The zero-order valence-electron chi connectivity index (χ0n) is 19.0. The summed E-state index contributed by atoms with van der Waals surface area (Å²) in [4.78, 5) is 12.9. The molecule has 0 fully saturated rings. The smallest absolute Gasteiger partial charge is 0.244 e. The second kappa shape index (κ2) is 10.8. The lowest BCUT2D eigenvalue weighted by Crippen LogP contribution is -2.50. The fourth-order valence-electron chi connectivity index (χ4n) is 3.36. The number of sulfonamides is 1. The van der Waals surface area contributed by atoms with Gasteiger partial charge in [-0.3, -0.25) is 9.10 Å². The van der Waals surface area contributed by atoms with Crippen molar-refractivity contribution in [3.8, 4) is 5.75 Å². The van der Waals surface area contributed by atoms with Crippen LogP contribution in [0.2, 0.25) is 10.0 Å². The summed E-state index contributed by atoms with van der Waals surface area (Å²) >= 11 is 12.3. The monoisotopic (exact) mass is 500 g/mol. The van der Waals surface area contributed by atoms with E-state index in [9.17, 15) is 13.2 Å². The molecule has 1 atom stereocenters. The van der Waals surface area contributed by atoms with Gasteiger partial charge in [-0.15, -0.1) is 0 Å². The normalized spacial score (nSPS) is 12.8. The summed E-state index contributed by atoms with van der Waals surface area (Å²) in [5.74, 6) is 0.312. The Balaban J connectivity index is 2.13. The molecular formula is C23H30Cl2N2O4S. The van der Waals surface area contributed by atoms with Crippen LogP contribution in [0.3, 0.4) is 0 Å². The van der Waals surface area contributed by atoms with E-state index in [-0.39, 0.29) is 35.7 Å². The van der Waals surface area contributed by atoms with Crippen molar-refractivity contribution in [2.45, 2.75) is 45.6 Å². The summed E-state index contributed by atoms with van der Waals surface area (Å²) in [7, 11) is -3.81. The Hall–Kier alpha value is -1.96. The molecule has 32 heavy (non-hydrogen) atoms. The van der Waals surface area contributed by atoms with Gasteiger partial charge >= 0.3 is 0 Å². The van der Waals surface area contributed by atoms with Crippen molar-refractivity contribution in [2.24, 2.45) is 0 Å². The number of amides is 1. The molecule has 2 aromatic rings. The molecule has 9 heteroatoms. The first-order valence-corrected chi connectivity index (χ1v) is 12.9. The van der Waals surface area contributed by atoms with Gasteiger partial charge in [-0.2, -0.15) is 0 Å². The number of carbonyl (C=O) groups is 1. The molecule has 0 saturated carbocycles. The van der Waals surface area contributed by atoms with Crippen molar-refractivity contribution >= 4 is 44.8 Å². The maximum atomic E-state index is 12.9. The second-order valence-corrected chi connectivity index (χ2v) is 11.2. The quantitative estimate of drug-likeness (QED) is 0.489. The van der Waals surface area contributed by atoms with Crippen molar-refractivity contribution in [3.63, 3.8) is 0 Å². The van der Waals surface area contributed by atoms with Crippen LogP contribution in [0.15, 0.2) is 42.5 Å². The summed E-state index contributed by atoms with van der Waals surface area (Å²) in [5, 5.41) is 3.28. The van der Waals surface area contributed by atoms with Crippen LogP contribution in [0.1, 0.15) is 39.7 Å². The van der Waals surface area contributed by atoms with Crippen LogP contribution in [-0.2, 0) is 20.2 Å². The first-order valence-electron chi connectivity index (χ1n) is 10.3. The maximum Gasteiger partial charge on any atom is 0.244 e. The molecule has 176 valence electrons. The number of nitrogens with one attached hydrogen (secondary N) is 1. The molecule has 0 radical (unpaired) electrons. The third-order valence-corrected chi connectivity index (χ3v) is 6.55. The SMILES string of the molecule is CC[C@@H](C(=O)NCCOc1ccccc1C(C)(C)C)N(c1cc(Cl)ccc1Cl)S(C)(=O)=O. The van der Waals surface area contributed by atoms with Gasteiger partial charge in [0, 0.05) is 5.02 Å². The number of rotatable bonds is 9. The lowest BCUT2D eigenvalue weighted by molar-refractivity contribution is -0.122. The molecule has 0 spiro atoms. The van der Waals surface area contributed by atoms with E-state index in [1.54, 1.807) is 13.0 Å². The van der Waals surface area contributed by atoms with E-state index in [1.165, 1.54) is 12.1 Å². The lowest BCUT2D eigenvalue weighted by Gasteiger charge is -2.30. The van der Waals surface area contributed by atoms with E-state index in [4.69, 9.17) is 27.9 Å². The van der Waals surface area contributed by atoms with Crippen LogP contribution in [-0.4, -0.2) is 39.8 Å². The molecular weight excluding hydrogens is 471 g/mol.